The maximum Gasteiger partial charge on any atom is 0.402 e. The highest BCUT2D eigenvalue weighted by atomic mass is 16.7. The van der Waals surface area contributed by atoms with E-state index in [1.807, 2.05) is 0 Å². The van der Waals surface area contributed by atoms with Crippen molar-refractivity contribution in [1.29, 1.82) is 0 Å². The van der Waals surface area contributed by atoms with Crippen LogP contribution in [-0.2, 0) is 4.74 Å². The molecule has 5 unspecified atom stereocenters. The van der Waals surface area contributed by atoms with Gasteiger partial charge in [-0.1, -0.05) is 0 Å². The molecule has 4 rings (SSSR count). The van der Waals surface area contributed by atoms with Gasteiger partial charge in [0.05, 0.1) is 32.5 Å². The molecule has 0 aliphatic carbocycles. The summed E-state index contributed by atoms with van der Waals surface area (Å²) >= 11 is 0. The van der Waals surface area contributed by atoms with E-state index in [0.29, 0.717) is 0 Å². The lowest BCUT2D eigenvalue weighted by atomic mass is 9.99. The Balaban J connectivity index is 1.77. The molecule has 3 aromatic rings. The predicted molar refractivity (Wildman–Crippen MR) is 119 cm³/mol. The number of fused-ring (bicyclic) bond motifs is 1. The minimum Gasteiger partial charge on any atom is -0.507 e. The maximum atomic E-state index is 10.7. The summed E-state index contributed by atoms with van der Waals surface area (Å²) in [6, 6.07) is 6.53. The van der Waals surface area contributed by atoms with Crippen LogP contribution in [0.5, 0.6) is 34.5 Å². The molecule has 2 aromatic carbocycles. The monoisotopic (exact) mass is 493 g/mol. The smallest absolute Gasteiger partial charge is 0.402 e. The zero-order valence-electron chi connectivity index (χ0n) is 18.7. The van der Waals surface area contributed by atoms with Gasteiger partial charge in [0, 0.05) is 24.3 Å². The van der Waals surface area contributed by atoms with Crippen LogP contribution in [0.1, 0.15) is 0 Å². The van der Waals surface area contributed by atoms with Crippen LogP contribution in [0.2, 0.25) is 0 Å². The number of rotatable bonds is 6. The third kappa shape index (κ3) is 4.45. The van der Waals surface area contributed by atoms with E-state index in [-0.39, 0.29) is 56.8 Å². The fourth-order valence-corrected chi connectivity index (χ4v) is 3.80. The lowest BCUT2D eigenvalue weighted by Gasteiger charge is -2.39. The summed E-state index contributed by atoms with van der Waals surface area (Å²) in [6.07, 6.45) is -7.66. The molecule has 1 aliphatic heterocycles. The molecule has 35 heavy (non-hydrogen) atoms. The van der Waals surface area contributed by atoms with Gasteiger partial charge in [-0.3, -0.25) is 0 Å². The molecular formula is C23H25O12+. The molecule has 1 aliphatic rings. The number of aliphatic hydroxyl groups is 4. The van der Waals surface area contributed by atoms with Gasteiger partial charge in [-0.15, -0.1) is 0 Å². The summed E-state index contributed by atoms with van der Waals surface area (Å²) in [5, 5.41) is 70.9. The van der Waals surface area contributed by atoms with E-state index >= 15 is 0 Å². The molecule has 0 bridgehead atoms. The Morgan fingerprint density at radius 3 is 2.11 bits per heavy atom. The summed E-state index contributed by atoms with van der Waals surface area (Å²) in [5.74, 6) is -0.885. The van der Waals surface area contributed by atoms with Gasteiger partial charge in [0.25, 0.3) is 0 Å². The number of aromatic hydroxyl groups is 3. The number of hydrogen-bond donors (Lipinski definition) is 7. The van der Waals surface area contributed by atoms with Crippen molar-refractivity contribution >= 4 is 11.0 Å². The molecule has 12 nitrogen and oxygen atoms in total. The molecule has 0 radical (unpaired) electrons. The highest BCUT2D eigenvalue weighted by molar-refractivity contribution is 5.89. The van der Waals surface area contributed by atoms with Crippen LogP contribution in [0.3, 0.4) is 0 Å². The third-order valence-electron chi connectivity index (χ3n) is 5.65. The standard InChI is InChI=1S/C23H24O12/c1-31-15-3-9(4-16(32-2)18(15)27)22-12(26)7-11-13(33-22)5-10(25)6-14(11)34-23-21(30)20(29)19(28)17(8-24)35-23/h3-7,17,19-21,23-24,28-30H,8H2,1-2H3,(H2-,25,26,27)/p+1. The van der Waals surface area contributed by atoms with Gasteiger partial charge in [-0.05, 0) is 0 Å². The van der Waals surface area contributed by atoms with Crippen LogP contribution in [-0.4, -0.2) is 87.3 Å². The second kappa shape index (κ2) is 9.60. The Hall–Kier alpha value is -3.55. The molecule has 188 valence electrons. The minimum absolute atomic E-state index is 0.0431. The minimum atomic E-state index is -1.69. The summed E-state index contributed by atoms with van der Waals surface area (Å²) in [4.78, 5) is 0. The van der Waals surface area contributed by atoms with E-state index in [1.54, 1.807) is 0 Å². The van der Waals surface area contributed by atoms with E-state index in [9.17, 15) is 35.7 Å². The average molecular weight is 493 g/mol. The highest BCUT2D eigenvalue weighted by Gasteiger charge is 2.45. The summed E-state index contributed by atoms with van der Waals surface area (Å²) in [5.41, 5.74) is 0.346. The van der Waals surface area contributed by atoms with Crippen LogP contribution in [0.4, 0.5) is 0 Å². The Bertz CT molecular complexity index is 1200. The van der Waals surface area contributed by atoms with E-state index in [4.69, 9.17) is 23.4 Å². The number of methoxy groups -OCH3 is 2. The zero-order valence-corrected chi connectivity index (χ0v) is 18.7. The molecule has 2 heterocycles. The van der Waals surface area contributed by atoms with Gasteiger partial charge >= 0.3 is 11.3 Å². The second-order valence-corrected chi connectivity index (χ2v) is 7.86. The van der Waals surface area contributed by atoms with Crippen LogP contribution < -0.4 is 14.2 Å². The number of phenolic OH excluding ortho intramolecular Hbond substituents is 2. The zero-order chi connectivity index (χ0) is 25.4. The summed E-state index contributed by atoms with van der Waals surface area (Å²) < 4.78 is 27.1. The number of benzene rings is 2. The molecular weight excluding hydrogens is 468 g/mol. The van der Waals surface area contributed by atoms with Crippen molar-refractivity contribution in [3.63, 3.8) is 0 Å². The first-order valence-corrected chi connectivity index (χ1v) is 10.4. The van der Waals surface area contributed by atoms with Crippen molar-refractivity contribution in [2.75, 3.05) is 20.8 Å². The molecule has 5 atom stereocenters. The van der Waals surface area contributed by atoms with Crippen LogP contribution in [0.25, 0.3) is 22.3 Å². The van der Waals surface area contributed by atoms with E-state index < -0.39 is 37.3 Å². The van der Waals surface area contributed by atoms with Crippen LogP contribution in [0, 0.1) is 0 Å². The van der Waals surface area contributed by atoms with Gasteiger partial charge in [-0.25, -0.2) is 4.42 Å². The Morgan fingerprint density at radius 1 is 0.857 bits per heavy atom. The van der Waals surface area contributed by atoms with Crippen molar-refractivity contribution in [2.24, 2.45) is 0 Å². The summed E-state index contributed by atoms with van der Waals surface area (Å²) in [7, 11) is 2.69. The fourth-order valence-electron chi connectivity index (χ4n) is 3.80. The molecule has 0 amide bonds. The Morgan fingerprint density at radius 2 is 1.51 bits per heavy atom. The topological polar surface area (TPSA) is 190 Å². The maximum absolute atomic E-state index is 10.7. The van der Waals surface area contributed by atoms with Crippen molar-refractivity contribution in [1.82, 2.24) is 0 Å². The lowest BCUT2D eigenvalue weighted by Crippen LogP contribution is -2.60. The number of aliphatic hydroxyl groups excluding tert-OH is 4. The lowest BCUT2D eigenvalue weighted by molar-refractivity contribution is -0.277. The molecule has 1 aromatic heterocycles. The molecule has 0 spiro atoms. The van der Waals surface area contributed by atoms with Crippen molar-refractivity contribution in [2.45, 2.75) is 30.7 Å². The molecule has 12 heteroatoms. The number of ether oxygens (including phenoxy) is 4. The summed E-state index contributed by atoms with van der Waals surface area (Å²) in [6.45, 7) is -0.648. The van der Waals surface area contributed by atoms with Crippen LogP contribution in [0.15, 0.2) is 34.7 Å². The normalized spacial score (nSPS) is 24.3. The van der Waals surface area contributed by atoms with E-state index in [2.05, 4.69) is 0 Å². The number of hydrogen-bond acceptors (Lipinski definition) is 11. The van der Waals surface area contributed by atoms with Crippen molar-refractivity contribution in [3.8, 4) is 45.8 Å². The van der Waals surface area contributed by atoms with E-state index in [1.165, 1.54) is 44.6 Å². The average Bonchev–Trinajstić information content (AvgIpc) is 2.84. The SMILES string of the molecule is COc1cc(-c2[o+]c3cc(O)cc(OC4OC(CO)C(O)C(O)C4O)c3cc2O)cc(OC)c1O. The molecule has 1 saturated heterocycles. The second-order valence-electron chi connectivity index (χ2n) is 7.86. The predicted octanol–water partition coefficient (Wildman–Crippen LogP) is 0.694. The third-order valence-corrected chi connectivity index (χ3v) is 5.65. The molecule has 1 fully saturated rings. The fraction of sp³-hybridized carbons (Fsp3) is 0.348. The van der Waals surface area contributed by atoms with Gasteiger partial charge in [0.15, 0.2) is 11.5 Å². The van der Waals surface area contributed by atoms with Crippen LogP contribution >= 0.6 is 0 Å². The van der Waals surface area contributed by atoms with Gasteiger partial charge in [0.1, 0.15) is 41.3 Å². The van der Waals surface area contributed by atoms with Gasteiger partial charge in [-0.2, -0.15) is 0 Å². The first-order chi connectivity index (χ1) is 16.7. The molecule has 7 N–H and O–H groups in total. The Kier molecular flexibility index (Phi) is 6.74. The van der Waals surface area contributed by atoms with E-state index in [0.717, 1.165) is 0 Å². The van der Waals surface area contributed by atoms with Gasteiger partial charge in [0.2, 0.25) is 17.8 Å². The first-order valence-electron chi connectivity index (χ1n) is 10.4. The quantitative estimate of drug-likeness (QED) is 0.238. The highest BCUT2D eigenvalue weighted by Crippen LogP contribution is 2.45. The largest absolute Gasteiger partial charge is 0.507 e. The Labute approximate surface area is 198 Å². The molecule has 0 saturated carbocycles. The number of phenols is 2. The van der Waals surface area contributed by atoms with Gasteiger partial charge < -0.3 is 54.7 Å². The first kappa shape index (κ1) is 24.6. The van der Waals surface area contributed by atoms with Crippen molar-refractivity contribution < 1.29 is 59.1 Å². The van der Waals surface area contributed by atoms with Crippen molar-refractivity contribution in [3.05, 3.63) is 30.3 Å².